The number of anilines is 2. The Morgan fingerprint density at radius 3 is 1.94 bits per heavy atom. The number of rotatable bonds is 7. The van der Waals surface area contributed by atoms with E-state index in [4.69, 9.17) is 39.5 Å². The minimum Gasteiger partial charge on any atom is -0.488 e. The number of carbonyl (C=O) groups is 3. The molecule has 260 valence electrons. The van der Waals surface area contributed by atoms with E-state index in [0.717, 1.165) is 47.6 Å². The lowest BCUT2D eigenvalue weighted by atomic mass is 9.76. The summed E-state index contributed by atoms with van der Waals surface area (Å²) in [6, 6.07) is 33.7. The number of hydrogen-bond donors (Lipinski definition) is 1. The molecule has 52 heavy (non-hydrogen) atoms. The van der Waals surface area contributed by atoms with Crippen LogP contribution in [-0.2, 0) is 16.2 Å². The third-order valence-electron chi connectivity index (χ3n) is 10.0. The Balaban J connectivity index is 1.21. The number of carbonyl (C=O) groups excluding carboxylic acids is 3. The van der Waals surface area contributed by atoms with Crippen molar-refractivity contribution in [3.8, 4) is 5.75 Å². The highest BCUT2D eigenvalue weighted by atomic mass is 35.5. The van der Waals surface area contributed by atoms with Gasteiger partial charge in [0.15, 0.2) is 0 Å². The Morgan fingerprint density at radius 1 is 0.731 bits per heavy atom. The molecule has 4 amide bonds. The second kappa shape index (κ2) is 14.2. The van der Waals surface area contributed by atoms with Gasteiger partial charge in [-0.3, -0.25) is 14.9 Å². The van der Waals surface area contributed by atoms with Gasteiger partial charge in [0.1, 0.15) is 17.9 Å². The van der Waals surface area contributed by atoms with Crippen LogP contribution in [0.5, 0.6) is 5.75 Å². The Morgan fingerprint density at radius 2 is 1.33 bits per heavy atom. The minimum absolute atomic E-state index is 0.0561. The van der Waals surface area contributed by atoms with Gasteiger partial charge in [-0.15, -0.1) is 0 Å². The molecular formula is C42H32Cl3N3O4. The summed E-state index contributed by atoms with van der Waals surface area (Å²) in [5, 5.41) is 3.71. The molecule has 1 N–H and O–H groups in total. The van der Waals surface area contributed by atoms with Crippen LogP contribution in [-0.4, -0.2) is 30.9 Å². The summed E-state index contributed by atoms with van der Waals surface area (Å²) in [5.41, 5.74) is 6.85. The lowest BCUT2D eigenvalue weighted by molar-refractivity contribution is -0.122. The predicted molar refractivity (Wildman–Crippen MR) is 206 cm³/mol. The minimum atomic E-state index is -0.812. The van der Waals surface area contributed by atoms with E-state index in [1.165, 1.54) is 17.2 Å². The zero-order valence-electron chi connectivity index (χ0n) is 27.8. The highest BCUT2D eigenvalue weighted by Crippen LogP contribution is 2.50. The fraction of sp³-hybridized carbons (Fsp3) is 0.167. The normalized spacial score (nSPS) is 19.1. The summed E-state index contributed by atoms with van der Waals surface area (Å²) in [4.78, 5) is 45.0. The smallest absolute Gasteiger partial charge is 0.335 e. The highest BCUT2D eigenvalue weighted by Gasteiger charge is 2.40. The molecule has 0 unspecified atom stereocenters. The molecule has 5 aromatic carbocycles. The quantitative estimate of drug-likeness (QED) is 0.133. The summed E-state index contributed by atoms with van der Waals surface area (Å²) in [6.45, 7) is 1.90. The van der Waals surface area contributed by atoms with Crippen LogP contribution in [0.25, 0.3) is 6.08 Å². The van der Waals surface area contributed by atoms with Gasteiger partial charge < -0.3 is 9.64 Å². The molecule has 1 fully saturated rings. The zero-order valence-corrected chi connectivity index (χ0v) is 30.1. The van der Waals surface area contributed by atoms with Crippen LogP contribution < -0.4 is 19.9 Å². The van der Waals surface area contributed by atoms with Gasteiger partial charge in [0.05, 0.1) is 5.69 Å². The molecular weight excluding hydrogens is 717 g/mol. The number of ether oxygens (including phenoxy) is 1. The molecule has 10 heteroatoms. The monoisotopic (exact) mass is 747 g/mol. The highest BCUT2D eigenvalue weighted by molar-refractivity contribution is 6.39. The number of barbiturate groups is 1. The van der Waals surface area contributed by atoms with Crippen LogP contribution in [0.15, 0.2) is 115 Å². The second-order valence-electron chi connectivity index (χ2n) is 13.1. The molecule has 3 aliphatic rings. The van der Waals surface area contributed by atoms with E-state index >= 15 is 0 Å². The Labute approximate surface area is 316 Å². The molecule has 0 aromatic heterocycles. The van der Waals surface area contributed by atoms with E-state index < -0.39 is 17.8 Å². The van der Waals surface area contributed by atoms with E-state index in [0.29, 0.717) is 37.6 Å². The van der Waals surface area contributed by atoms with Crippen LogP contribution in [0, 0.1) is 0 Å². The molecule has 0 spiro atoms. The Kier molecular flexibility index (Phi) is 9.26. The van der Waals surface area contributed by atoms with Gasteiger partial charge >= 0.3 is 6.03 Å². The van der Waals surface area contributed by atoms with Crippen molar-refractivity contribution in [3.05, 3.63) is 163 Å². The fourth-order valence-corrected chi connectivity index (χ4v) is 8.22. The van der Waals surface area contributed by atoms with Crippen molar-refractivity contribution in [1.82, 2.24) is 5.32 Å². The number of halogens is 3. The molecule has 0 saturated carbocycles. The summed E-state index contributed by atoms with van der Waals surface area (Å²) in [6.07, 6.45) is 3.18. The van der Waals surface area contributed by atoms with Gasteiger partial charge in [0.2, 0.25) is 0 Å². The van der Waals surface area contributed by atoms with Crippen molar-refractivity contribution in [3.63, 3.8) is 0 Å². The maximum atomic E-state index is 14.4. The molecule has 0 radical (unpaired) electrons. The Bertz CT molecular complexity index is 2190. The molecule has 5 aromatic rings. The van der Waals surface area contributed by atoms with Crippen molar-refractivity contribution in [2.24, 2.45) is 0 Å². The maximum absolute atomic E-state index is 14.4. The van der Waals surface area contributed by atoms with E-state index in [1.54, 1.807) is 36.4 Å². The maximum Gasteiger partial charge on any atom is 0.335 e. The van der Waals surface area contributed by atoms with Gasteiger partial charge in [0, 0.05) is 56.8 Å². The molecule has 0 bridgehead atoms. The van der Waals surface area contributed by atoms with Crippen LogP contribution in [0.4, 0.5) is 16.2 Å². The van der Waals surface area contributed by atoms with Crippen molar-refractivity contribution in [2.45, 2.75) is 31.3 Å². The summed E-state index contributed by atoms with van der Waals surface area (Å²) in [7, 11) is 0. The summed E-state index contributed by atoms with van der Waals surface area (Å²) < 4.78 is 6.10. The van der Waals surface area contributed by atoms with Gasteiger partial charge in [-0.2, -0.15) is 0 Å². The SMILES string of the molecule is O=C1NC(=O)N(c2cc3c4c(c2)[C@H](c2ccccc2)CCN4CC[C@H]3c2ccccc2)C(=O)/C1=C/c1cc(Cl)ccc1OCc1ccc(Cl)cc1Cl. The first-order valence-electron chi connectivity index (χ1n) is 17.1. The first-order chi connectivity index (χ1) is 25.2. The lowest BCUT2D eigenvalue weighted by Crippen LogP contribution is -2.54. The van der Waals surface area contributed by atoms with Gasteiger partial charge in [-0.05, 0) is 83.6 Å². The molecule has 1 saturated heterocycles. The lowest BCUT2D eigenvalue weighted by Gasteiger charge is -2.44. The molecule has 8 rings (SSSR count). The molecule has 3 aliphatic heterocycles. The van der Waals surface area contributed by atoms with Crippen LogP contribution in [0.3, 0.4) is 0 Å². The third kappa shape index (κ3) is 6.45. The van der Waals surface area contributed by atoms with Crippen LogP contribution in [0.1, 0.15) is 58.1 Å². The molecule has 0 aliphatic carbocycles. The van der Waals surface area contributed by atoms with Gasteiger partial charge in [-0.25, -0.2) is 9.69 Å². The van der Waals surface area contributed by atoms with Crippen LogP contribution in [0.2, 0.25) is 15.1 Å². The predicted octanol–water partition coefficient (Wildman–Crippen LogP) is 9.77. The largest absolute Gasteiger partial charge is 0.488 e. The number of imide groups is 2. The molecule has 3 heterocycles. The first kappa shape index (κ1) is 34.0. The second-order valence-corrected chi connectivity index (χ2v) is 14.4. The van der Waals surface area contributed by atoms with E-state index in [9.17, 15) is 14.4 Å². The number of benzene rings is 5. The number of nitrogens with one attached hydrogen (secondary N) is 1. The number of hydrogen-bond acceptors (Lipinski definition) is 5. The van der Waals surface area contributed by atoms with Crippen molar-refractivity contribution >= 4 is 70.1 Å². The third-order valence-corrected chi connectivity index (χ3v) is 10.9. The van der Waals surface area contributed by atoms with Crippen molar-refractivity contribution in [1.29, 1.82) is 0 Å². The van der Waals surface area contributed by atoms with Crippen molar-refractivity contribution in [2.75, 3.05) is 22.9 Å². The van der Waals surface area contributed by atoms with Crippen molar-refractivity contribution < 1.29 is 19.1 Å². The van der Waals surface area contributed by atoms with Gasteiger partial charge in [-0.1, -0.05) is 102 Å². The van der Waals surface area contributed by atoms with Crippen LogP contribution >= 0.6 is 34.8 Å². The van der Waals surface area contributed by atoms with E-state index in [1.807, 2.05) is 48.5 Å². The average Bonchev–Trinajstić information content (AvgIpc) is 3.14. The molecule has 2 atom stereocenters. The summed E-state index contributed by atoms with van der Waals surface area (Å²) >= 11 is 18.8. The number of urea groups is 1. The number of nitrogens with zero attached hydrogens (tertiary/aromatic N) is 2. The van der Waals surface area contributed by atoms with Gasteiger partial charge in [0.25, 0.3) is 11.8 Å². The topological polar surface area (TPSA) is 79.0 Å². The summed E-state index contributed by atoms with van der Waals surface area (Å²) in [5.74, 6) is -1.08. The fourth-order valence-electron chi connectivity index (χ4n) is 7.57. The Hall–Kier alpha value is -5.08. The zero-order chi connectivity index (χ0) is 35.9. The van der Waals surface area contributed by atoms with E-state index in [2.05, 4.69) is 34.5 Å². The first-order valence-corrected chi connectivity index (χ1v) is 18.2. The molecule has 7 nitrogen and oxygen atoms in total. The van der Waals surface area contributed by atoms with E-state index in [-0.39, 0.29) is 24.0 Å². The standard InChI is InChI=1S/C42H32Cl3N3O4/c43-29-13-14-38(52-24-27-11-12-30(44)21-37(27)45)28(19-29)20-36-40(49)46-42(51)48(41(36)50)31-22-34-32(25-7-3-1-4-8-25)15-17-47-18-16-33(35(23-31)39(34)47)26-9-5-2-6-10-26/h1-14,19-23,32-33H,15-18,24H2,(H,46,49,51)/b36-20+/t32-,33-/m0/s1. The number of amides is 4. The average molecular weight is 749 g/mol.